The van der Waals surface area contributed by atoms with Crippen molar-refractivity contribution in [2.24, 2.45) is 0 Å². The number of likely N-dealkylation sites (tertiary alicyclic amines) is 1. The molecule has 1 atom stereocenters. The Hall–Kier alpha value is -1.55. The third-order valence-corrected chi connectivity index (χ3v) is 3.57. The Bertz CT molecular complexity index is 406. The van der Waals surface area contributed by atoms with Crippen LogP contribution in [0.4, 0.5) is 0 Å². The summed E-state index contributed by atoms with van der Waals surface area (Å²) in [6, 6.07) is 9.82. The summed E-state index contributed by atoms with van der Waals surface area (Å²) in [7, 11) is 0. The molecule has 1 aliphatic heterocycles. The number of nitrogens with zero attached hydrogens (tertiary/aromatic N) is 1. The Morgan fingerprint density at radius 1 is 1.35 bits per heavy atom. The first-order valence-corrected chi connectivity index (χ1v) is 7.51. The van der Waals surface area contributed by atoms with Crippen LogP contribution in [0.15, 0.2) is 30.3 Å². The summed E-state index contributed by atoms with van der Waals surface area (Å²) < 4.78 is 5.65. The topological polar surface area (TPSA) is 41.6 Å². The SMILES string of the molecule is CCNC1CCCN(CCCOc2ccccc2)C1=O. The molecule has 0 aliphatic carbocycles. The van der Waals surface area contributed by atoms with E-state index in [1.807, 2.05) is 42.2 Å². The van der Waals surface area contributed by atoms with Crippen LogP contribution in [0.5, 0.6) is 5.75 Å². The number of hydrogen-bond donors (Lipinski definition) is 1. The first-order chi connectivity index (χ1) is 9.81. The fraction of sp³-hybridized carbons (Fsp3) is 0.562. The molecule has 1 aromatic carbocycles. The predicted octanol–water partition coefficient (Wildman–Crippen LogP) is 2.06. The summed E-state index contributed by atoms with van der Waals surface area (Å²) in [4.78, 5) is 14.2. The summed E-state index contributed by atoms with van der Waals surface area (Å²) in [5, 5.41) is 3.26. The third-order valence-electron chi connectivity index (χ3n) is 3.57. The number of carbonyl (C=O) groups excluding carboxylic acids is 1. The molecular weight excluding hydrogens is 252 g/mol. The normalized spacial score (nSPS) is 19.1. The van der Waals surface area contributed by atoms with Crippen molar-refractivity contribution in [2.75, 3.05) is 26.2 Å². The second-order valence-electron chi connectivity index (χ2n) is 5.09. The van der Waals surface area contributed by atoms with Gasteiger partial charge >= 0.3 is 0 Å². The van der Waals surface area contributed by atoms with Crippen LogP contribution in [-0.2, 0) is 4.79 Å². The maximum atomic E-state index is 12.2. The molecule has 110 valence electrons. The van der Waals surface area contributed by atoms with Gasteiger partial charge in [0.2, 0.25) is 5.91 Å². The molecule has 1 N–H and O–H groups in total. The minimum absolute atomic E-state index is 0.0174. The first-order valence-electron chi connectivity index (χ1n) is 7.51. The Morgan fingerprint density at radius 2 is 2.15 bits per heavy atom. The standard InChI is InChI=1S/C16H24N2O2/c1-2-17-15-10-6-11-18(16(15)19)12-7-13-20-14-8-4-3-5-9-14/h3-5,8-9,15,17H,2,6-7,10-13H2,1H3. The number of ether oxygens (including phenoxy) is 1. The Kier molecular flexibility index (Phi) is 5.87. The van der Waals surface area contributed by atoms with Gasteiger partial charge in [0, 0.05) is 13.1 Å². The van der Waals surface area contributed by atoms with Gasteiger partial charge in [-0.3, -0.25) is 4.79 Å². The lowest BCUT2D eigenvalue weighted by Crippen LogP contribution is -2.50. The van der Waals surface area contributed by atoms with E-state index in [0.29, 0.717) is 6.61 Å². The largest absolute Gasteiger partial charge is 0.494 e. The monoisotopic (exact) mass is 276 g/mol. The molecule has 1 heterocycles. The number of nitrogens with one attached hydrogen (secondary N) is 1. The van der Waals surface area contributed by atoms with E-state index in [4.69, 9.17) is 4.74 Å². The molecule has 0 spiro atoms. The minimum atomic E-state index is 0.0174. The van der Waals surface area contributed by atoms with E-state index < -0.39 is 0 Å². The number of likely N-dealkylation sites (N-methyl/N-ethyl adjacent to an activating group) is 1. The van der Waals surface area contributed by atoms with Crippen LogP contribution in [0.1, 0.15) is 26.2 Å². The second-order valence-corrected chi connectivity index (χ2v) is 5.09. The maximum Gasteiger partial charge on any atom is 0.239 e. The van der Waals surface area contributed by atoms with Gasteiger partial charge in [0.05, 0.1) is 12.6 Å². The molecular formula is C16H24N2O2. The average molecular weight is 276 g/mol. The molecule has 4 nitrogen and oxygen atoms in total. The van der Waals surface area contributed by atoms with E-state index in [0.717, 1.165) is 44.6 Å². The Morgan fingerprint density at radius 3 is 2.90 bits per heavy atom. The summed E-state index contributed by atoms with van der Waals surface area (Å²) in [6.07, 6.45) is 2.92. The number of amides is 1. The zero-order chi connectivity index (χ0) is 14.2. The highest BCUT2D eigenvalue weighted by atomic mass is 16.5. The van der Waals surface area contributed by atoms with Gasteiger partial charge in [0.15, 0.2) is 0 Å². The number of carbonyl (C=O) groups is 1. The van der Waals surface area contributed by atoms with Gasteiger partial charge in [-0.1, -0.05) is 25.1 Å². The van der Waals surface area contributed by atoms with E-state index >= 15 is 0 Å². The maximum absolute atomic E-state index is 12.2. The highest BCUT2D eigenvalue weighted by Gasteiger charge is 2.27. The van der Waals surface area contributed by atoms with E-state index in [1.165, 1.54) is 0 Å². The van der Waals surface area contributed by atoms with Crippen molar-refractivity contribution in [3.8, 4) is 5.75 Å². The molecule has 2 rings (SSSR count). The highest BCUT2D eigenvalue weighted by Crippen LogP contribution is 2.13. The molecule has 4 heteroatoms. The van der Waals surface area contributed by atoms with Crippen LogP contribution in [0.25, 0.3) is 0 Å². The Labute approximate surface area is 121 Å². The molecule has 0 aromatic heterocycles. The highest BCUT2D eigenvalue weighted by molar-refractivity contribution is 5.82. The quantitative estimate of drug-likeness (QED) is 0.775. The predicted molar refractivity (Wildman–Crippen MR) is 79.8 cm³/mol. The fourth-order valence-corrected chi connectivity index (χ4v) is 2.56. The number of hydrogen-bond acceptors (Lipinski definition) is 3. The van der Waals surface area contributed by atoms with Crippen LogP contribution in [0.2, 0.25) is 0 Å². The van der Waals surface area contributed by atoms with Crippen molar-refractivity contribution in [2.45, 2.75) is 32.2 Å². The van der Waals surface area contributed by atoms with Gasteiger partial charge in [-0.25, -0.2) is 0 Å². The number of piperidine rings is 1. The van der Waals surface area contributed by atoms with Crippen molar-refractivity contribution in [1.29, 1.82) is 0 Å². The number of rotatable bonds is 7. The second kappa shape index (κ2) is 7.90. The van der Waals surface area contributed by atoms with E-state index in [-0.39, 0.29) is 11.9 Å². The van der Waals surface area contributed by atoms with Gasteiger partial charge in [0.1, 0.15) is 5.75 Å². The van der Waals surface area contributed by atoms with E-state index in [1.54, 1.807) is 0 Å². The van der Waals surface area contributed by atoms with Gasteiger partial charge in [0.25, 0.3) is 0 Å². The van der Waals surface area contributed by atoms with Crippen LogP contribution in [0, 0.1) is 0 Å². The Balaban J connectivity index is 1.69. The molecule has 0 radical (unpaired) electrons. The van der Waals surface area contributed by atoms with E-state index in [2.05, 4.69) is 5.32 Å². The van der Waals surface area contributed by atoms with Crippen molar-refractivity contribution in [3.63, 3.8) is 0 Å². The lowest BCUT2D eigenvalue weighted by atomic mass is 10.0. The molecule has 1 aliphatic rings. The van der Waals surface area contributed by atoms with Crippen molar-refractivity contribution in [1.82, 2.24) is 10.2 Å². The average Bonchev–Trinajstić information content (AvgIpc) is 2.48. The van der Waals surface area contributed by atoms with Gasteiger partial charge < -0.3 is 15.0 Å². The smallest absolute Gasteiger partial charge is 0.239 e. The zero-order valence-electron chi connectivity index (χ0n) is 12.2. The molecule has 1 unspecified atom stereocenters. The van der Waals surface area contributed by atoms with Crippen molar-refractivity contribution < 1.29 is 9.53 Å². The zero-order valence-corrected chi connectivity index (χ0v) is 12.2. The molecule has 1 amide bonds. The van der Waals surface area contributed by atoms with Gasteiger partial charge in [-0.15, -0.1) is 0 Å². The van der Waals surface area contributed by atoms with Gasteiger partial charge in [-0.2, -0.15) is 0 Å². The minimum Gasteiger partial charge on any atom is -0.494 e. The van der Waals surface area contributed by atoms with Crippen LogP contribution >= 0.6 is 0 Å². The summed E-state index contributed by atoms with van der Waals surface area (Å²) in [5.74, 6) is 1.14. The number of benzene rings is 1. The molecule has 1 fully saturated rings. The third kappa shape index (κ3) is 4.23. The van der Waals surface area contributed by atoms with Crippen LogP contribution < -0.4 is 10.1 Å². The molecule has 0 bridgehead atoms. The number of para-hydroxylation sites is 1. The summed E-state index contributed by atoms with van der Waals surface area (Å²) >= 11 is 0. The summed E-state index contributed by atoms with van der Waals surface area (Å²) in [6.45, 7) is 5.21. The van der Waals surface area contributed by atoms with Gasteiger partial charge in [-0.05, 0) is 37.9 Å². The lowest BCUT2D eigenvalue weighted by Gasteiger charge is -2.32. The molecule has 1 saturated heterocycles. The van der Waals surface area contributed by atoms with Crippen molar-refractivity contribution >= 4 is 5.91 Å². The molecule has 1 aromatic rings. The molecule has 0 saturated carbocycles. The summed E-state index contributed by atoms with van der Waals surface area (Å²) in [5.41, 5.74) is 0. The molecule has 20 heavy (non-hydrogen) atoms. The lowest BCUT2D eigenvalue weighted by molar-refractivity contribution is -0.136. The van der Waals surface area contributed by atoms with Crippen LogP contribution in [0.3, 0.4) is 0 Å². The first kappa shape index (κ1) is 14.9. The van der Waals surface area contributed by atoms with E-state index in [9.17, 15) is 4.79 Å². The fourth-order valence-electron chi connectivity index (χ4n) is 2.56. The van der Waals surface area contributed by atoms with Crippen LogP contribution in [-0.4, -0.2) is 43.1 Å². The van der Waals surface area contributed by atoms with Crippen molar-refractivity contribution in [3.05, 3.63) is 30.3 Å².